The zero-order valence-corrected chi connectivity index (χ0v) is 17.2. The maximum absolute atomic E-state index is 13.5. The quantitative estimate of drug-likeness (QED) is 0.721. The van der Waals surface area contributed by atoms with Gasteiger partial charge in [-0.3, -0.25) is 4.79 Å². The number of nitrogens with zero attached hydrogens (tertiary/aromatic N) is 4. The number of anilines is 2. The average molecular weight is 430 g/mol. The van der Waals surface area contributed by atoms with Crippen LogP contribution in [0.25, 0.3) is 0 Å². The van der Waals surface area contributed by atoms with E-state index >= 15 is 0 Å². The van der Waals surface area contributed by atoms with Crippen molar-refractivity contribution in [3.8, 4) is 11.8 Å². The number of carbonyl (C=O) groups is 1. The number of benzene rings is 1. The number of halogens is 3. The third-order valence-electron chi connectivity index (χ3n) is 5.66. The fourth-order valence-corrected chi connectivity index (χ4v) is 4.28. The fraction of sp³-hybridized carbons (Fsp3) is 0.409. The predicted molar refractivity (Wildman–Crippen MR) is 108 cm³/mol. The van der Waals surface area contributed by atoms with E-state index in [4.69, 9.17) is 4.74 Å². The number of pyridine rings is 1. The van der Waals surface area contributed by atoms with Crippen LogP contribution in [0.4, 0.5) is 24.7 Å². The molecular weight excluding hydrogens is 409 g/mol. The molecule has 0 aliphatic carbocycles. The summed E-state index contributed by atoms with van der Waals surface area (Å²) in [6, 6.07) is 7.36. The maximum atomic E-state index is 13.5. The van der Waals surface area contributed by atoms with Crippen molar-refractivity contribution in [2.45, 2.75) is 38.9 Å². The molecule has 162 valence electrons. The summed E-state index contributed by atoms with van der Waals surface area (Å²) in [5.41, 5.74) is 0.128. The Balaban J connectivity index is 1.74. The van der Waals surface area contributed by atoms with Gasteiger partial charge in [-0.25, -0.2) is 4.98 Å². The van der Waals surface area contributed by atoms with E-state index in [0.717, 1.165) is 11.6 Å². The largest absolute Gasteiger partial charge is 0.489 e. The van der Waals surface area contributed by atoms with E-state index in [0.29, 0.717) is 44.0 Å². The average Bonchev–Trinajstić information content (AvgIpc) is 3.21. The van der Waals surface area contributed by atoms with E-state index in [1.54, 1.807) is 21.9 Å². The summed E-state index contributed by atoms with van der Waals surface area (Å²) in [4.78, 5) is 20.9. The third kappa shape index (κ3) is 3.67. The molecule has 3 heterocycles. The molecule has 9 heteroatoms. The fourth-order valence-electron chi connectivity index (χ4n) is 4.28. The lowest BCUT2D eigenvalue weighted by Gasteiger charge is -2.35. The van der Waals surface area contributed by atoms with E-state index in [2.05, 4.69) is 4.98 Å². The van der Waals surface area contributed by atoms with Gasteiger partial charge in [0.15, 0.2) is 0 Å². The third-order valence-corrected chi connectivity index (χ3v) is 5.66. The molecule has 1 fully saturated rings. The first-order valence-electron chi connectivity index (χ1n) is 10.0. The highest BCUT2D eigenvalue weighted by Gasteiger charge is 2.41. The Morgan fingerprint density at radius 3 is 2.77 bits per heavy atom. The first-order valence-corrected chi connectivity index (χ1v) is 10.0. The number of para-hydroxylation sites is 1. The molecule has 31 heavy (non-hydrogen) atoms. The standard InChI is InChI=1S/C22H21F3N4O2/c1-13-5-3-6-17-19(13)31-10-9-29(17)21(30)18-7-4-8-28(18)20-15(12-26)16(22(23,24)25)11-14(2)27-20/h3,5-6,11,18H,4,7-10H2,1-2H3. The molecule has 6 nitrogen and oxygen atoms in total. The molecule has 0 bridgehead atoms. The molecule has 1 saturated heterocycles. The molecular formula is C22H21F3N4O2. The van der Waals surface area contributed by atoms with Crippen molar-refractivity contribution in [1.82, 2.24) is 4.98 Å². The first-order chi connectivity index (χ1) is 14.7. The summed E-state index contributed by atoms with van der Waals surface area (Å²) in [6.07, 6.45) is -3.60. The van der Waals surface area contributed by atoms with Crippen molar-refractivity contribution in [3.05, 3.63) is 46.6 Å². The Hall–Kier alpha value is -3.28. The lowest BCUT2D eigenvalue weighted by atomic mass is 10.1. The van der Waals surface area contributed by atoms with E-state index in [-0.39, 0.29) is 17.4 Å². The second-order valence-corrected chi connectivity index (χ2v) is 7.73. The van der Waals surface area contributed by atoms with Crippen LogP contribution in [0.3, 0.4) is 0 Å². The molecule has 0 saturated carbocycles. The summed E-state index contributed by atoms with van der Waals surface area (Å²) in [6.45, 7) is 4.38. The number of nitriles is 1. The molecule has 2 aliphatic rings. The zero-order chi connectivity index (χ0) is 22.3. The van der Waals surface area contributed by atoms with Crippen LogP contribution >= 0.6 is 0 Å². The maximum Gasteiger partial charge on any atom is 0.417 e. The van der Waals surface area contributed by atoms with Gasteiger partial charge >= 0.3 is 6.18 Å². The van der Waals surface area contributed by atoms with Crippen molar-refractivity contribution in [1.29, 1.82) is 5.26 Å². The van der Waals surface area contributed by atoms with Gasteiger partial charge in [0.2, 0.25) is 5.91 Å². The summed E-state index contributed by atoms with van der Waals surface area (Å²) in [7, 11) is 0. The van der Waals surface area contributed by atoms with Crippen molar-refractivity contribution < 1.29 is 22.7 Å². The minimum Gasteiger partial charge on any atom is -0.489 e. The number of amides is 1. The van der Waals surface area contributed by atoms with Gasteiger partial charge in [-0.05, 0) is 44.4 Å². The van der Waals surface area contributed by atoms with Crippen molar-refractivity contribution in [2.24, 2.45) is 0 Å². The highest BCUT2D eigenvalue weighted by Crippen LogP contribution is 2.39. The van der Waals surface area contributed by atoms with Crippen LogP contribution in [-0.4, -0.2) is 36.6 Å². The van der Waals surface area contributed by atoms with Gasteiger partial charge in [-0.1, -0.05) is 12.1 Å². The van der Waals surface area contributed by atoms with E-state index < -0.39 is 23.3 Å². The number of aryl methyl sites for hydroxylation is 2. The van der Waals surface area contributed by atoms with Crippen LogP contribution in [0.15, 0.2) is 24.3 Å². The smallest absolute Gasteiger partial charge is 0.417 e. The van der Waals surface area contributed by atoms with Crippen molar-refractivity contribution in [2.75, 3.05) is 29.5 Å². The monoisotopic (exact) mass is 430 g/mol. The van der Waals surface area contributed by atoms with Crippen LogP contribution in [0.1, 0.15) is 35.2 Å². The SMILES string of the molecule is Cc1cc(C(F)(F)F)c(C#N)c(N2CCCC2C(=O)N2CCOc3c(C)cccc32)n1. The van der Waals surface area contributed by atoms with E-state index in [1.165, 1.54) is 6.92 Å². The number of hydrogen-bond acceptors (Lipinski definition) is 5. The highest BCUT2D eigenvalue weighted by molar-refractivity contribution is 6.01. The van der Waals surface area contributed by atoms with Crippen LogP contribution in [0.2, 0.25) is 0 Å². The normalized spacial score (nSPS) is 18.4. The number of aromatic nitrogens is 1. The molecule has 1 aromatic carbocycles. The Labute approximate surface area is 177 Å². The van der Waals surface area contributed by atoms with Crippen LogP contribution in [0.5, 0.6) is 5.75 Å². The van der Waals surface area contributed by atoms with Gasteiger partial charge in [0.1, 0.15) is 35.8 Å². The molecule has 1 atom stereocenters. The van der Waals surface area contributed by atoms with Crippen LogP contribution < -0.4 is 14.5 Å². The number of rotatable bonds is 2. The number of ether oxygens (including phenoxy) is 1. The Morgan fingerprint density at radius 1 is 1.29 bits per heavy atom. The van der Waals surface area contributed by atoms with Gasteiger partial charge in [0.25, 0.3) is 0 Å². The lowest BCUT2D eigenvalue weighted by Crippen LogP contribution is -2.49. The Kier molecular flexibility index (Phi) is 5.25. The molecule has 4 rings (SSSR count). The highest BCUT2D eigenvalue weighted by atomic mass is 19.4. The molecule has 1 amide bonds. The molecule has 2 aromatic rings. The summed E-state index contributed by atoms with van der Waals surface area (Å²) >= 11 is 0. The number of fused-ring (bicyclic) bond motifs is 1. The summed E-state index contributed by atoms with van der Waals surface area (Å²) < 4.78 is 46.4. The Morgan fingerprint density at radius 2 is 2.06 bits per heavy atom. The van der Waals surface area contributed by atoms with Crippen molar-refractivity contribution >= 4 is 17.4 Å². The number of carbonyl (C=O) groups excluding carboxylic acids is 1. The molecule has 0 radical (unpaired) electrons. The number of hydrogen-bond donors (Lipinski definition) is 0. The lowest BCUT2D eigenvalue weighted by molar-refractivity contribution is -0.137. The molecule has 1 unspecified atom stereocenters. The van der Waals surface area contributed by atoms with Gasteiger partial charge in [0.05, 0.1) is 17.8 Å². The zero-order valence-electron chi connectivity index (χ0n) is 17.2. The van der Waals surface area contributed by atoms with Gasteiger partial charge in [0, 0.05) is 12.2 Å². The van der Waals surface area contributed by atoms with E-state index in [1.807, 2.05) is 19.1 Å². The minimum atomic E-state index is -4.69. The first kappa shape index (κ1) is 21.0. The Bertz CT molecular complexity index is 1080. The van der Waals surface area contributed by atoms with Crippen molar-refractivity contribution in [3.63, 3.8) is 0 Å². The second kappa shape index (κ2) is 7.76. The van der Waals surface area contributed by atoms with Crippen LogP contribution in [-0.2, 0) is 11.0 Å². The second-order valence-electron chi connectivity index (χ2n) is 7.73. The molecule has 0 N–H and O–H groups in total. The van der Waals surface area contributed by atoms with Gasteiger partial charge in [-0.15, -0.1) is 0 Å². The van der Waals surface area contributed by atoms with Gasteiger partial charge < -0.3 is 14.5 Å². The van der Waals surface area contributed by atoms with E-state index in [9.17, 15) is 23.2 Å². The predicted octanol–water partition coefficient (Wildman–Crippen LogP) is 3.98. The summed E-state index contributed by atoms with van der Waals surface area (Å²) in [5.74, 6) is 0.328. The molecule has 1 aromatic heterocycles. The topological polar surface area (TPSA) is 69.5 Å². The minimum absolute atomic E-state index is 0.0802. The number of alkyl halides is 3. The van der Waals surface area contributed by atoms with Crippen LogP contribution in [0, 0.1) is 25.2 Å². The molecule has 2 aliphatic heterocycles. The molecule has 0 spiro atoms. The summed E-state index contributed by atoms with van der Waals surface area (Å²) in [5, 5.41) is 9.52. The van der Waals surface area contributed by atoms with Gasteiger partial charge in [-0.2, -0.15) is 18.4 Å².